The fraction of sp³-hybridized carbons (Fsp3) is 0. The average molecular weight is 351 g/mol. The van der Waals surface area contributed by atoms with Gasteiger partial charge in [0.05, 0.1) is 7.82 Å². The Hall–Kier alpha value is 2.99. The van der Waals surface area contributed by atoms with E-state index in [0.29, 0.717) is 0 Å². The van der Waals surface area contributed by atoms with E-state index in [1.165, 1.54) is 0 Å². The molecule has 0 aliphatic heterocycles. The monoisotopic (exact) mass is 351 g/mol. The summed E-state index contributed by atoms with van der Waals surface area (Å²) in [4.78, 5) is 24.3. The van der Waals surface area contributed by atoms with Gasteiger partial charge in [-0.05, 0) is 0 Å². The second-order valence-electron chi connectivity index (χ2n) is 0.469. The molecule has 2 radical (unpaired) electrons. The van der Waals surface area contributed by atoms with Gasteiger partial charge in [-0.15, -0.1) is 0 Å². The molecular formula is HBiNa2O4P+3. The van der Waals surface area contributed by atoms with Crippen LogP contribution in [-0.4, -0.2) is 31.1 Å². The molecule has 0 amide bonds. The van der Waals surface area contributed by atoms with Crippen molar-refractivity contribution in [3.63, 3.8) is 0 Å². The number of hydrogen-bond acceptors (Lipinski definition) is 3. The van der Waals surface area contributed by atoms with Gasteiger partial charge in [0.25, 0.3) is 0 Å². The minimum atomic E-state index is -5.14. The van der Waals surface area contributed by atoms with E-state index >= 15 is 0 Å². The molecule has 0 unspecified atom stereocenters. The molecule has 0 atom stereocenters. The summed E-state index contributed by atoms with van der Waals surface area (Å²) in [6.07, 6.45) is 0. The van der Waals surface area contributed by atoms with Crippen molar-refractivity contribution < 1.29 is 78.4 Å². The smallest absolute Gasteiger partial charge is 0.790 e. The van der Waals surface area contributed by atoms with Crippen molar-refractivity contribution in [1.29, 1.82) is 0 Å². The quantitative estimate of drug-likeness (QED) is 0.347. The molecule has 0 heterocycles. The van der Waals surface area contributed by atoms with Crippen molar-refractivity contribution in [3.05, 3.63) is 0 Å². The van der Waals surface area contributed by atoms with Gasteiger partial charge < -0.3 is 19.2 Å². The zero-order chi connectivity index (χ0) is 4.50. The van der Waals surface area contributed by atoms with E-state index in [1.54, 1.807) is 0 Å². The minimum absolute atomic E-state index is 0. The van der Waals surface area contributed by atoms with Crippen LogP contribution < -0.4 is 68.9 Å². The van der Waals surface area contributed by atoms with Gasteiger partial charge >= 0.3 is 85.3 Å². The van der Waals surface area contributed by atoms with E-state index in [1.807, 2.05) is 0 Å². The number of hydrogen-bond donors (Lipinski definition) is 1. The van der Waals surface area contributed by atoms with Crippen LogP contribution in [0.3, 0.4) is 0 Å². The van der Waals surface area contributed by atoms with E-state index < -0.39 is 7.82 Å². The molecule has 0 aromatic heterocycles. The van der Waals surface area contributed by atoms with Gasteiger partial charge in [0.15, 0.2) is 0 Å². The van der Waals surface area contributed by atoms with E-state index in [0.717, 1.165) is 0 Å². The molecule has 0 aliphatic rings. The molecular weight excluding hydrogens is 350 g/mol. The third-order valence-corrected chi connectivity index (χ3v) is 0. The van der Waals surface area contributed by atoms with Crippen molar-refractivity contribution in [1.82, 2.24) is 0 Å². The van der Waals surface area contributed by atoms with Crippen LogP contribution in [0.2, 0.25) is 0 Å². The van der Waals surface area contributed by atoms with E-state index in [9.17, 15) is 0 Å². The van der Waals surface area contributed by atoms with Crippen LogP contribution in [0.25, 0.3) is 0 Å². The Kier molecular flexibility index (Phi) is 28.0. The van der Waals surface area contributed by atoms with Crippen molar-refractivity contribution >= 4 is 34.0 Å². The number of rotatable bonds is 0. The van der Waals surface area contributed by atoms with E-state index in [2.05, 4.69) is 0 Å². The van der Waals surface area contributed by atoms with Gasteiger partial charge in [-0.1, -0.05) is 0 Å². The summed E-state index contributed by atoms with van der Waals surface area (Å²) < 4.78 is 8.66. The summed E-state index contributed by atoms with van der Waals surface area (Å²) in [5.74, 6) is 0. The predicted octanol–water partition coefficient (Wildman–Crippen LogP) is -8.57. The van der Waals surface area contributed by atoms with Crippen molar-refractivity contribution in [2.24, 2.45) is 0 Å². The molecule has 0 aliphatic carbocycles. The van der Waals surface area contributed by atoms with Gasteiger partial charge in [-0.2, -0.15) is 0 Å². The van der Waals surface area contributed by atoms with Crippen LogP contribution in [0.1, 0.15) is 0 Å². The summed E-state index contributed by atoms with van der Waals surface area (Å²) >= 11 is 0. The summed E-state index contributed by atoms with van der Waals surface area (Å²) in [6.45, 7) is 0. The Balaban J connectivity index is -0.0000000267. The average Bonchev–Trinajstić information content (AvgIpc) is 0.722. The first-order valence-corrected chi connectivity index (χ1v) is 2.24. The van der Waals surface area contributed by atoms with Crippen LogP contribution in [0.5, 0.6) is 0 Å². The van der Waals surface area contributed by atoms with Crippen LogP contribution >= 0.6 is 7.82 Å². The molecule has 0 fully saturated rings. The Bertz CT molecular complexity index is 60.2. The zero-order valence-electron chi connectivity index (χ0n) is 4.57. The molecule has 0 aromatic carbocycles. The Morgan fingerprint density at radius 3 is 1.25 bits per heavy atom. The summed E-state index contributed by atoms with van der Waals surface area (Å²) in [5.41, 5.74) is 0. The predicted molar refractivity (Wildman–Crippen MR) is 15.6 cm³/mol. The third-order valence-electron chi connectivity index (χ3n) is 0. The Morgan fingerprint density at radius 1 is 1.25 bits per heavy atom. The molecule has 0 bridgehead atoms. The first kappa shape index (κ1) is 22.4. The van der Waals surface area contributed by atoms with Crippen molar-refractivity contribution in [2.75, 3.05) is 0 Å². The normalized spacial score (nSPS) is 7.38. The van der Waals surface area contributed by atoms with Gasteiger partial charge in [-0.3, -0.25) is 0 Å². The number of phosphoric acid groups is 1. The standard InChI is InChI=1S/Bi.2Na.H3O4P/c;;;1-5(2,3)4/h;;;(H3,1,2,3,4)/q+3;2*+1;/p-2. The van der Waals surface area contributed by atoms with Gasteiger partial charge in [0.2, 0.25) is 0 Å². The summed E-state index contributed by atoms with van der Waals surface area (Å²) in [5, 5.41) is 0. The Labute approximate surface area is 110 Å². The van der Waals surface area contributed by atoms with Crippen LogP contribution in [-0.2, 0) is 4.57 Å². The Morgan fingerprint density at radius 2 is 1.25 bits per heavy atom. The van der Waals surface area contributed by atoms with Crippen LogP contribution in [0, 0.1) is 0 Å². The molecule has 0 spiro atoms. The maximum atomic E-state index is 8.66. The molecule has 8 heavy (non-hydrogen) atoms. The van der Waals surface area contributed by atoms with Gasteiger partial charge in [0, 0.05) is 0 Å². The SMILES string of the molecule is O=P([O-])([O-])O.[Bi+3].[Na+].[Na+]. The molecule has 4 nitrogen and oxygen atoms in total. The largest absolute Gasteiger partial charge is 3.00 e. The topological polar surface area (TPSA) is 83.4 Å². The molecule has 0 aromatic rings. The maximum Gasteiger partial charge on any atom is 3.00 e. The van der Waals surface area contributed by atoms with Gasteiger partial charge in [-0.25, -0.2) is 0 Å². The molecule has 0 rings (SSSR count). The first-order valence-electron chi connectivity index (χ1n) is 0.748. The minimum Gasteiger partial charge on any atom is -0.790 e. The third kappa shape index (κ3) is 64.1. The van der Waals surface area contributed by atoms with Gasteiger partial charge in [0.1, 0.15) is 0 Å². The molecule has 0 saturated carbocycles. The summed E-state index contributed by atoms with van der Waals surface area (Å²) in [7, 11) is -5.14. The fourth-order valence-corrected chi connectivity index (χ4v) is 0. The molecule has 8 heteroatoms. The van der Waals surface area contributed by atoms with Crippen LogP contribution in [0.4, 0.5) is 0 Å². The second-order valence-corrected chi connectivity index (χ2v) is 1.41. The molecule has 0 saturated heterocycles. The van der Waals surface area contributed by atoms with Crippen molar-refractivity contribution in [2.45, 2.75) is 0 Å². The van der Waals surface area contributed by atoms with E-state index in [4.69, 9.17) is 19.2 Å². The van der Waals surface area contributed by atoms with Crippen molar-refractivity contribution in [3.8, 4) is 0 Å². The first-order chi connectivity index (χ1) is 2.00. The van der Waals surface area contributed by atoms with Crippen LogP contribution in [0.15, 0.2) is 0 Å². The summed E-state index contributed by atoms with van der Waals surface area (Å²) in [6, 6.07) is 0. The molecule has 1 N–H and O–H groups in total. The van der Waals surface area contributed by atoms with E-state index in [-0.39, 0.29) is 85.3 Å². The zero-order valence-corrected chi connectivity index (χ0v) is 12.9. The maximum absolute atomic E-state index is 8.66. The second kappa shape index (κ2) is 9.99. The fourth-order valence-electron chi connectivity index (χ4n) is 0. The molecule has 34 valence electrons.